The van der Waals surface area contributed by atoms with Gasteiger partial charge in [0.05, 0.1) is 11.9 Å². The average Bonchev–Trinajstić information content (AvgIpc) is 2.95. The lowest BCUT2D eigenvalue weighted by Crippen LogP contribution is -1.89. The van der Waals surface area contributed by atoms with Crippen LogP contribution in [0.2, 0.25) is 0 Å². The first-order chi connectivity index (χ1) is 8.74. The predicted molar refractivity (Wildman–Crippen MR) is 66.8 cm³/mol. The highest BCUT2D eigenvalue weighted by Crippen LogP contribution is 2.28. The lowest BCUT2D eigenvalue weighted by Gasteiger charge is -1.89. The number of aromatic amines is 1. The summed E-state index contributed by atoms with van der Waals surface area (Å²) in [6, 6.07) is 0. The summed E-state index contributed by atoms with van der Waals surface area (Å²) < 4.78 is 7.60. The Hall–Kier alpha value is -1.45. The van der Waals surface area contributed by atoms with E-state index < -0.39 is 0 Å². The van der Waals surface area contributed by atoms with Crippen LogP contribution in [0.5, 0.6) is 0 Å². The van der Waals surface area contributed by atoms with Crippen molar-refractivity contribution in [2.24, 2.45) is 0 Å². The number of nitrogens with zero attached hydrogens (tertiary/aromatic N) is 5. The summed E-state index contributed by atoms with van der Waals surface area (Å²) in [4.78, 5) is 9.50. The number of rotatable bonds is 4. The highest BCUT2D eigenvalue weighted by atomic mass is 32.2. The van der Waals surface area contributed by atoms with Gasteiger partial charge in [-0.15, -0.1) is 10.2 Å². The smallest absolute Gasteiger partial charge is 0.215 e. The second-order valence-corrected chi connectivity index (χ2v) is 5.75. The lowest BCUT2D eigenvalue weighted by atomic mass is 10.6. The van der Waals surface area contributed by atoms with Crippen LogP contribution in [0.25, 0.3) is 4.96 Å². The number of imidazole rings is 1. The Morgan fingerprint density at radius 3 is 3.17 bits per heavy atom. The summed E-state index contributed by atoms with van der Waals surface area (Å²) in [5, 5.41) is 11.9. The summed E-state index contributed by atoms with van der Waals surface area (Å²) >= 11 is 2.92. The van der Waals surface area contributed by atoms with Crippen LogP contribution in [0.1, 0.15) is 11.5 Å². The molecule has 3 heterocycles. The predicted octanol–water partition coefficient (Wildman–Crippen LogP) is 1.51. The molecule has 9 heteroatoms. The van der Waals surface area contributed by atoms with Crippen molar-refractivity contribution in [3.05, 3.63) is 17.7 Å². The van der Waals surface area contributed by atoms with E-state index in [0.717, 1.165) is 15.0 Å². The molecule has 0 saturated carbocycles. The summed E-state index contributed by atoms with van der Waals surface area (Å²) in [6.07, 6.45) is 1.89. The van der Waals surface area contributed by atoms with Crippen molar-refractivity contribution in [1.82, 2.24) is 29.8 Å². The summed E-state index contributed by atoms with van der Waals surface area (Å²) in [6.45, 7) is 2.37. The third kappa shape index (κ3) is 2.24. The van der Waals surface area contributed by atoms with Crippen molar-refractivity contribution < 1.29 is 4.74 Å². The van der Waals surface area contributed by atoms with Crippen molar-refractivity contribution in [1.29, 1.82) is 0 Å². The Kier molecular flexibility index (Phi) is 3.02. The maximum Gasteiger partial charge on any atom is 0.215 e. The molecule has 0 aromatic carbocycles. The fourth-order valence-electron chi connectivity index (χ4n) is 1.43. The van der Waals surface area contributed by atoms with Crippen LogP contribution in [0.15, 0.2) is 15.7 Å². The van der Waals surface area contributed by atoms with Crippen molar-refractivity contribution in [2.75, 3.05) is 7.11 Å². The molecule has 0 aliphatic heterocycles. The van der Waals surface area contributed by atoms with Gasteiger partial charge in [-0.3, -0.25) is 5.10 Å². The van der Waals surface area contributed by atoms with Gasteiger partial charge in [0.25, 0.3) is 0 Å². The number of aromatic nitrogens is 6. The highest BCUT2D eigenvalue weighted by Gasteiger charge is 2.11. The van der Waals surface area contributed by atoms with Crippen LogP contribution in [0.4, 0.5) is 0 Å². The molecule has 0 aliphatic carbocycles. The number of hydrogen-bond donors (Lipinski definition) is 1. The fraction of sp³-hybridized carbons (Fsp3) is 0.333. The van der Waals surface area contributed by atoms with Gasteiger partial charge in [0.1, 0.15) is 6.61 Å². The van der Waals surface area contributed by atoms with Gasteiger partial charge in [0.15, 0.2) is 10.2 Å². The lowest BCUT2D eigenvalue weighted by molar-refractivity contribution is 0.178. The monoisotopic (exact) mass is 282 g/mol. The number of fused-ring (bicyclic) bond motifs is 1. The molecule has 0 atom stereocenters. The first kappa shape index (κ1) is 11.6. The second kappa shape index (κ2) is 4.67. The first-order valence-electron chi connectivity index (χ1n) is 5.15. The molecule has 0 saturated heterocycles. The molecule has 7 nitrogen and oxygen atoms in total. The molecule has 0 unspecified atom stereocenters. The Balaban J connectivity index is 1.79. The SMILES string of the molecule is COCc1nc(Sc2nn3cc(C)nc3s2)n[nH]1. The van der Waals surface area contributed by atoms with Crippen LogP contribution in [0.3, 0.4) is 0 Å². The zero-order valence-electron chi connectivity index (χ0n) is 9.75. The molecule has 3 aromatic heterocycles. The zero-order valence-corrected chi connectivity index (χ0v) is 11.4. The zero-order chi connectivity index (χ0) is 12.5. The van der Waals surface area contributed by atoms with Crippen LogP contribution >= 0.6 is 23.1 Å². The molecular formula is C9H10N6OS2. The molecule has 3 rings (SSSR count). The Labute approximate surface area is 111 Å². The van der Waals surface area contributed by atoms with E-state index in [2.05, 4.69) is 25.3 Å². The topological polar surface area (TPSA) is 81.0 Å². The van der Waals surface area contributed by atoms with Crippen molar-refractivity contribution in [2.45, 2.75) is 23.0 Å². The highest BCUT2D eigenvalue weighted by molar-refractivity contribution is 8.00. The van der Waals surface area contributed by atoms with E-state index in [0.29, 0.717) is 17.6 Å². The van der Waals surface area contributed by atoms with E-state index in [-0.39, 0.29) is 0 Å². The number of nitrogens with one attached hydrogen (secondary N) is 1. The van der Waals surface area contributed by atoms with Gasteiger partial charge in [-0.25, -0.2) is 14.5 Å². The molecule has 94 valence electrons. The Bertz CT molecular complexity index is 640. The van der Waals surface area contributed by atoms with E-state index in [1.807, 2.05) is 13.1 Å². The van der Waals surface area contributed by atoms with E-state index in [9.17, 15) is 0 Å². The van der Waals surface area contributed by atoms with Crippen LogP contribution in [-0.2, 0) is 11.3 Å². The molecule has 0 aliphatic rings. The van der Waals surface area contributed by atoms with Gasteiger partial charge in [-0.1, -0.05) is 11.3 Å². The van der Waals surface area contributed by atoms with E-state index >= 15 is 0 Å². The molecule has 1 N–H and O–H groups in total. The number of methoxy groups -OCH3 is 1. The van der Waals surface area contributed by atoms with Crippen molar-refractivity contribution in [3.8, 4) is 0 Å². The van der Waals surface area contributed by atoms with Gasteiger partial charge >= 0.3 is 0 Å². The van der Waals surface area contributed by atoms with Gasteiger partial charge in [-0.2, -0.15) is 0 Å². The quantitative estimate of drug-likeness (QED) is 0.781. The Morgan fingerprint density at radius 2 is 2.39 bits per heavy atom. The van der Waals surface area contributed by atoms with Crippen molar-refractivity contribution in [3.63, 3.8) is 0 Å². The molecule has 0 spiro atoms. The largest absolute Gasteiger partial charge is 0.377 e. The van der Waals surface area contributed by atoms with Gasteiger partial charge < -0.3 is 4.74 Å². The van der Waals surface area contributed by atoms with E-state index in [1.54, 1.807) is 11.6 Å². The molecule has 18 heavy (non-hydrogen) atoms. The summed E-state index contributed by atoms with van der Waals surface area (Å²) in [5.41, 5.74) is 0.963. The van der Waals surface area contributed by atoms with Gasteiger partial charge in [0.2, 0.25) is 10.1 Å². The fourth-order valence-corrected chi connectivity index (χ4v) is 3.24. The van der Waals surface area contributed by atoms with Gasteiger partial charge in [-0.05, 0) is 18.7 Å². The molecule has 0 radical (unpaired) electrons. The molecular weight excluding hydrogens is 272 g/mol. The standard InChI is InChI=1S/C9H10N6OS2/c1-5-3-15-8(10-5)18-9(14-15)17-7-11-6(4-16-2)12-13-7/h3H,4H2,1-2H3,(H,11,12,13). The van der Waals surface area contributed by atoms with E-state index in [1.165, 1.54) is 23.1 Å². The number of ether oxygens (including phenoxy) is 1. The van der Waals surface area contributed by atoms with Crippen LogP contribution < -0.4 is 0 Å². The first-order valence-corrected chi connectivity index (χ1v) is 6.79. The third-order valence-corrected chi connectivity index (χ3v) is 3.95. The Morgan fingerprint density at radius 1 is 1.50 bits per heavy atom. The number of aryl methyl sites for hydroxylation is 1. The molecule has 0 fully saturated rings. The minimum Gasteiger partial charge on any atom is -0.377 e. The van der Waals surface area contributed by atoms with E-state index in [4.69, 9.17) is 4.74 Å². The normalized spacial score (nSPS) is 11.4. The van der Waals surface area contributed by atoms with Crippen LogP contribution in [-0.4, -0.2) is 36.9 Å². The maximum atomic E-state index is 4.97. The second-order valence-electron chi connectivity index (χ2n) is 3.58. The minimum absolute atomic E-state index is 0.425. The van der Waals surface area contributed by atoms with Crippen LogP contribution in [0, 0.1) is 6.92 Å². The van der Waals surface area contributed by atoms with Gasteiger partial charge in [0, 0.05) is 7.11 Å². The third-order valence-electron chi connectivity index (χ3n) is 2.12. The summed E-state index contributed by atoms with van der Waals surface area (Å²) in [7, 11) is 1.62. The van der Waals surface area contributed by atoms with Crippen molar-refractivity contribution >= 4 is 28.1 Å². The minimum atomic E-state index is 0.425. The molecule has 0 amide bonds. The molecule has 0 bridgehead atoms. The average molecular weight is 282 g/mol. The maximum absolute atomic E-state index is 4.97. The number of H-pyrrole nitrogens is 1. The molecule has 3 aromatic rings. The summed E-state index contributed by atoms with van der Waals surface area (Å²) in [5.74, 6) is 0.706. The number of hydrogen-bond acceptors (Lipinski definition) is 7.